The lowest BCUT2D eigenvalue weighted by molar-refractivity contribution is 0.153. The molecule has 1 heterocycles. The van der Waals surface area contributed by atoms with E-state index in [1.54, 1.807) is 7.05 Å². The van der Waals surface area contributed by atoms with E-state index in [1.807, 2.05) is 0 Å². The fraction of sp³-hybridized carbons (Fsp3) is 0.708. The van der Waals surface area contributed by atoms with Crippen LogP contribution in [0.1, 0.15) is 80.4 Å². The Morgan fingerprint density at radius 3 is 2.79 bits per heavy atom. The molecule has 4 nitrogen and oxygen atoms in total. The predicted octanol–water partition coefficient (Wildman–Crippen LogP) is 5.26. The van der Waals surface area contributed by atoms with E-state index in [2.05, 4.69) is 23.1 Å². The van der Waals surface area contributed by atoms with Crippen molar-refractivity contribution in [3.05, 3.63) is 34.9 Å². The number of carbonyl (C=O) groups is 1. The number of rotatable bonds is 6. The Balaban J connectivity index is 1.37. The Bertz CT molecular complexity index is 683. The topological polar surface area (TPSA) is 43.8 Å². The predicted molar refractivity (Wildman–Crippen MR) is 113 cm³/mol. The van der Waals surface area contributed by atoms with Crippen molar-refractivity contribution < 1.29 is 9.90 Å². The third kappa shape index (κ3) is 4.22. The van der Waals surface area contributed by atoms with Crippen LogP contribution in [0.5, 0.6) is 0 Å². The van der Waals surface area contributed by atoms with Gasteiger partial charge in [-0.25, -0.2) is 4.79 Å². The Hall–Kier alpha value is -1.55. The molecular formula is C24H36N2O2. The lowest BCUT2D eigenvalue weighted by atomic mass is 9.77. The minimum Gasteiger partial charge on any atom is -0.465 e. The molecule has 0 aromatic heterocycles. The largest absolute Gasteiger partial charge is 0.465 e. The summed E-state index contributed by atoms with van der Waals surface area (Å²) in [6.45, 7) is 3.01. The third-order valence-electron chi connectivity index (χ3n) is 7.58. The molecule has 2 aliphatic carbocycles. The van der Waals surface area contributed by atoms with Gasteiger partial charge in [0.05, 0.1) is 0 Å². The number of nitrogens with zero attached hydrogens (tertiary/aromatic N) is 2. The summed E-state index contributed by atoms with van der Waals surface area (Å²) in [5.41, 5.74) is 4.14. The van der Waals surface area contributed by atoms with Crippen LogP contribution in [-0.2, 0) is 13.0 Å². The van der Waals surface area contributed by atoms with Crippen LogP contribution in [-0.4, -0.2) is 47.2 Å². The third-order valence-corrected chi connectivity index (χ3v) is 7.58. The standard InChI is InChI=1S/C24H36N2O2/c1-25(24(27)28)17-19-10-5-11-21-20(19)12-13-23-22(21)14-16-26(23)15-6-9-18-7-3-2-4-8-18/h5,10-11,18,22-23H,2-4,6-9,12-17H2,1H3,(H,27,28)/t22-,23+/m1/s1. The molecule has 1 aromatic rings. The summed E-state index contributed by atoms with van der Waals surface area (Å²) in [5, 5.41) is 9.23. The highest BCUT2D eigenvalue weighted by Crippen LogP contribution is 2.43. The summed E-state index contributed by atoms with van der Waals surface area (Å²) in [6, 6.07) is 7.27. The second kappa shape index (κ2) is 8.86. The van der Waals surface area contributed by atoms with Crippen molar-refractivity contribution in [3.8, 4) is 0 Å². The molecule has 1 N–H and O–H groups in total. The van der Waals surface area contributed by atoms with Gasteiger partial charge in [-0.05, 0) is 67.8 Å². The SMILES string of the molecule is CN(Cc1cccc2c1CC[C@H]1[C@@H]2CCN1CCCC1CCCCC1)C(=O)O. The maximum atomic E-state index is 11.2. The van der Waals surface area contributed by atoms with Crippen molar-refractivity contribution in [2.24, 2.45) is 5.92 Å². The van der Waals surface area contributed by atoms with E-state index in [1.165, 1.54) is 92.5 Å². The Morgan fingerprint density at radius 1 is 1.18 bits per heavy atom. The summed E-state index contributed by atoms with van der Waals surface area (Å²) in [7, 11) is 1.66. The smallest absolute Gasteiger partial charge is 0.407 e. The number of hydrogen-bond acceptors (Lipinski definition) is 2. The fourth-order valence-electron chi connectivity index (χ4n) is 6.07. The summed E-state index contributed by atoms with van der Waals surface area (Å²) < 4.78 is 0. The zero-order valence-electron chi connectivity index (χ0n) is 17.4. The van der Waals surface area contributed by atoms with E-state index >= 15 is 0 Å². The zero-order valence-corrected chi connectivity index (χ0v) is 17.4. The maximum absolute atomic E-state index is 11.2. The molecule has 4 heteroatoms. The monoisotopic (exact) mass is 384 g/mol. The van der Waals surface area contributed by atoms with Gasteiger partial charge in [0.2, 0.25) is 0 Å². The number of benzene rings is 1. The molecule has 0 unspecified atom stereocenters. The highest BCUT2D eigenvalue weighted by Gasteiger charge is 2.38. The Kier molecular flexibility index (Phi) is 6.25. The van der Waals surface area contributed by atoms with E-state index in [9.17, 15) is 9.90 Å². The van der Waals surface area contributed by atoms with Gasteiger partial charge in [0.15, 0.2) is 0 Å². The van der Waals surface area contributed by atoms with E-state index in [0.29, 0.717) is 18.5 Å². The average Bonchev–Trinajstić information content (AvgIpc) is 3.12. The van der Waals surface area contributed by atoms with Gasteiger partial charge in [-0.2, -0.15) is 0 Å². The molecule has 0 radical (unpaired) electrons. The van der Waals surface area contributed by atoms with Crippen LogP contribution in [0.25, 0.3) is 0 Å². The summed E-state index contributed by atoms with van der Waals surface area (Å²) in [5.74, 6) is 1.64. The van der Waals surface area contributed by atoms with Crippen LogP contribution in [0.4, 0.5) is 4.79 Å². The first-order chi connectivity index (χ1) is 13.6. The molecule has 4 rings (SSSR count). The molecule has 28 heavy (non-hydrogen) atoms. The van der Waals surface area contributed by atoms with Crippen LogP contribution in [0.2, 0.25) is 0 Å². The lowest BCUT2D eigenvalue weighted by Crippen LogP contribution is -2.36. The number of amides is 1. The van der Waals surface area contributed by atoms with Gasteiger partial charge in [-0.1, -0.05) is 50.3 Å². The molecule has 1 amide bonds. The van der Waals surface area contributed by atoms with Crippen LogP contribution in [0, 0.1) is 5.92 Å². The fourth-order valence-corrected chi connectivity index (χ4v) is 6.07. The summed E-state index contributed by atoms with van der Waals surface area (Å²) >= 11 is 0. The highest BCUT2D eigenvalue weighted by atomic mass is 16.4. The molecule has 1 saturated carbocycles. The molecule has 0 bridgehead atoms. The number of likely N-dealkylation sites (tertiary alicyclic amines) is 1. The number of carboxylic acid groups (broad SMARTS) is 1. The van der Waals surface area contributed by atoms with Gasteiger partial charge in [0.25, 0.3) is 0 Å². The van der Waals surface area contributed by atoms with Crippen molar-refractivity contribution in [3.63, 3.8) is 0 Å². The lowest BCUT2D eigenvalue weighted by Gasteiger charge is -2.35. The van der Waals surface area contributed by atoms with Crippen LogP contribution < -0.4 is 0 Å². The van der Waals surface area contributed by atoms with E-state index < -0.39 is 6.09 Å². The highest BCUT2D eigenvalue weighted by molar-refractivity contribution is 5.64. The summed E-state index contributed by atoms with van der Waals surface area (Å²) in [4.78, 5) is 15.4. The van der Waals surface area contributed by atoms with Crippen LogP contribution in [0.3, 0.4) is 0 Å². The molecule has 2 atom stereocenters. The van der Waals surface area contributed by atoms with E-state index in [0.717, 1.165) is 12.3 Å². The molecule has 3 aliphatic rings. The average molecular weight is 385 g/mol. The summed E-state index contributed by atoms with van der Waals surface area (Å²) in [6.07, 6.45) is 12.8. The molecule has 154 valence electrons. The minimum atomic E-state index is -0.851. The van der Waals surface area contributed by atoms with Gasteiger partial charge in [0, 0.05) is 25.6 Å². The van der Waals surface area contributed by atoms with E-state index in [-0.39, 0.29) is 0 Å². The van der Waals surface area contributed by atoms with Gasteiger partial charge < -0.3 is 10.0 Å². The quantitative estimate of drug-likeness (QED) is 0.727. The van der Waals surface area contributed by atoms with Gasteiger partial charge >= 0.3 is 6.09 Å². The van der Waals surface area contributed by atoms with Crippen molar-refractivity contribution in [2.75, 3.05) is 20.1 Å². The molecule has 2 fully saturated rings. The van der Waals surface area contributed by atoms with Crippen LogP contribution >= 0.6 is 0 Å². The maximum Gasteiger partial charge on any atom is 0.407 e. The number of hydrogen-bond donors (Lipinski definition) is 1. The molecule has 1 saturated heterocycles. The van der Waals surface area contributed by atoms with Gasteiger partial charge in [-0.15, -0.1) is 0 Å². The normalized spacial score (nSPS) is 25.3. The van der Waals surface area contributed by atoms with Gasteiger partial charge in [-0.3, -0.25) is 4.90 Å². The van der Waals surface area contributed by atoms with Gasteiger partial charge in [0.1, 0.15) is 0 Å². The van der Waals surface area contributed by atoms with Crippen LogP contribution in [0.15, 0.2) is 18.2 Å². The minimum absolute atomic E-state index is 0.501. The first-order valence-electron chi connectivity index (χ1n) is 11.4. The Labute approximate surface area is 169 Å². The van der Waals surface area contributed by atoms with Crippen molar-refractivity contribution in [1.29, 1.82) is 0 Å². The van der Waals surface area contributed by atoms with Crippen molar-refractivity contribution in [2.45, 2.75) is 82.7 Å². The zero-order chi connectivity index (χ0) is 19.5. The number of fused-ring (bicyclic) bond motifs is 3. The molecule has 1 aromatic carbocycles. The second-order valence-corrected chi connectivity index (χ2v) is 9.31. The Morgan fingerprint density at radius 2 is 2.00 bits per heavy atom. The molecular weight excluding hydrogens is 348 g/mol. The first-order valence-corrected chi connectivity index (χ1v) is 11.4. The molecule has 1 aliphatic heterocycles. The first kappa shape index (κ1) is 19.8. The van der Waals surface area contributed by atoms with E-state index in [4.69, 9.17) is 0 Å². The second-order valence-electron chi connectivity index (χ2n) is 9.31. The molecule has 0 spiro atoms. The van der Waals surface area contributed by atoms with Crippen molar-refractivity contribution >= 4 is 6.09 Å². The van der Waals surface area contributed by atoms with Crippen molar-refractivity contribution in [1.82, 2.24) is 9.80 Å².